The third-order valence-electron chi connectivity index (χ3n) is 4.61. The maximum atomic E-state index is 9.87. The predicted molar refractivity (Wildman–Crippen MR) is 122 cm³/mol. The van der Waals surface area contributed by atoms with E-state index in [1.54, 1.807) is 11.5 Å². The molecule has 0 atom stereocenters. The molecule has 0 fully saturated rings. The van der Waals surface area contributed by atoms with Crippen LogP contribution in [0.4, 0.5) is 25.2 Å². The van der Waals surface area contributed by atoms with Crippen molar-refractivity contribution in [3.8, 4) is 0 Å². The molecule has 29 heavy (non-hydrogen) atoms. The van der Waals surface area contributed by atoms with Crippen molar-refractivity contribution >= 4 is 18.7 Å². The van der Waals surface area contributed by atoms with E-state index in [0.717, 1.165) is 10.9 Å². The van der Waals surface area contributed by atoms with Crippen LogP contribution in [0.25, 0.3) is 0 Å². The molecule has 0 spiro atoms. The summed E-state index contributed by atoms with van der Waals surface area (Å²) in [6.45, 7) is 6.96. The summed E-state index contributed by atoms with van der Waals surface area (Å²) in [4.78, 5) is 0. The molecule has 0 bridgehead atoms. The van der Waals surface area contributed by atoms with Crippen LogP contribution in [-0.4, -0.2) is 17.3 Å². The Bertz CT molecular complexity index is 331. The number of hydrogen-bond donors (Lipinski definition) is 0. The van der Waals surface area contributed by atoms with E-state index in [1.165, 1.54) is 102 Å². The summed E-state index contributed by atoms with van der Waals surface area (Å²) < 4.78 is 59.2. The van der Waals surface area contributed by atoms with Gasteiger partial charge in [0, 0.05) is 0 Å². The fourth-order valence-corrected chi connectivity index (χ4v) is 5.48. The first kappa shape index (κ1) is 31.5. The molecule has 0 aliphatic rings. The zero-order valence-electron chi connectivity index (χ0n) is 18.9. The fraction of sp³-hybridized carbons (Fsp3) is 1.00. The van der Waals surface area contributed by atoms with E-state index in [-0.39, 0.29) is 0 Å². The van der Waals surface area contributed by atoms with Crippen LogP contribution in [-0.2, 0) is 10.9 Å². The van der Waals surface area contributed by atoms with Crippen LogP contribution < -0.4 is 0 Å². The van der Waals surface area contributed by atoms with Crippen LogP contribution in [0, 0.1) is 0 Å². The Morgan fingerprint density at radius 2 is 0.621 bits per heavy atom. The van der Waals surface area contributed by atoms with Crippen molar-refractivity contribution < 1.29 is 25.2 Å². The summed E-state index contributed by atoms with van der Waals surface area (Å²) in [7, 11) is -9.90. The van der Waals surface area contributed by atoms with E-state index in [4.69, 9.17) is 0 Å². The van der Waals surface area contributed by atoms with Crippen LogP contribution >= 0.6 is 7.81 Å². The molecule has 0 aliphatic carbocycles. The second-order valence-corrected chi connectivity index (χ2v) is 12.3. The summed E-state index contributed by atoms with van der Waals surface area (Å²) in [5, 5.41) is 0. The quantitative estimate of drug-likeness (QED) is 0.0802. The molecule has 0 rings (SSSR count). The third-order valence-corrected chi connectivity index (χ3v) is 7.21. The first-order valence-corrected chi connectivity index (χ1v) is 15.3. The van der Waals surface area contributed by atoms with Gasteiger partial charge in [0.05, 0.1) is 0 Å². The zero-order chi connectivity index (χ0) is 22.7. The minimum atomic E-state index is -10.7. The van der Waals surface area contributed by atoms with Crippen LogP contribution in [0.5, 0.6) is 0 Å². The van der Waals surface area contributed by atoms with Crippen LogP contribution in [0.1, 0.15) is 117 Å². The van der Waals surface area contributed by atoms with Gasteiger partial charge in [-0.3, -0.25) is 0 Å². The fourth-order valence-electron chi connectivity index (χ4n) is 3.04. The average Bonchev–Trinajstić information content (AvgIpc) is 2.57. The normalized spacial score (nSPS) is 14.3. The van der Waals surface area contributed by atoms with Crippen LogP contribution in [0.2, 0.25) is 0 Å². The number of rotatable bonds is 18. The van der Waals surface area contributed by atoms with E-state index in [0.29, 0.717) is 0 Å². The molecule has 0 nitrogen and oxygen atoms in total. The minimum absolute atomic E-state index is 0.760. The van der Waals surface area contributed by atoms with Gasteiger partial charge in [-0.2, -0.15) is 0 Å². The van der Waals surface area contributed by atoms with Gasteiger partial charge in [0.15, 0.2) is 0 Å². The Hall–Kier alpha value is 0.360. The number of unbranched alkanes of at least 4 members (excludes halogenated alkanes) is 12. The monoisotopic (exact) mass is 474 g/mol. The summed E-state index contributed by atoms with van der Waals surface area (Å²) in [5.41, 5.74) is 0. The molecule has 0 saturated carbocycles. The topological polar surface area (TPSA) is 0 Å². The average molecular weight is 475 g/mol. The first-order chi connectivity index (χ1) is 13.3. The van der Waals surface area contributed by atoms with E-state index < -0.39 is 7.81 Å². The van der Waals surface area contributed by atoms with Crippen molar-refractivity contribution in [1.29, 1.82) is 0 Å². The van der Waals surface area contributed by atoms with Gasteiger partial charge >= 0.3 is 33.0 Å². The van der Waals surface area contributed by atoms with Crippen molar-refractivity contribution in [3.05, 3.63) is 0 Å². The molecular weight excluding hydrogens is 429 g/mol. The van der Waals surface area contributed by atoms with Gasteiger partial charge in [0.2, 0.25) is 0 Å². The van der Waals surface area contributed by atoms with E-state index in [2.05, 4.69) is 20.8 Å². The third kappa shape index (κ3) is 43.2. The predicted octanol–water partition coefficient (Wildman–Crippen LogP) is 10.9. The Morgan fingerprint density at radius 1 is 0.414 bits per heavy atom. The van der Waals surface area contributed by atoms with Crippen molar-refractivity contribution in [2.45, 2.75) is 117 Å². The van der Waals surface area contributed by atoms with Gasteiger partial charge in [-0.25, -0.2) is 0 Å². The second kappa shape index (κ2) is 16.1. The van der Waals surface area contributed by atoms with E-state index in [9.17, 15) is 25.2 Å². The molecule has 0 saturated heterocycles. The van der Waals surface area contributed by atoms with Crippen LogP contribution in [0.3, 0.4) is 0 Å². The standard InChI is InChI=1S/C21H45S.F6P/c1-4-7-10-12-14-17-20-22(19-16-9-6-3)21-18-15-13-11-8-5-2;1-7(2,3,4,5)6/h4-21H2,1-3H3;/q+1;-1. The molecule has 8 heteroatoms. The van der Waals surface area contributed by atoms with Gasteiger partial charge in [-0.05, 0) is 49.4 Å². The number of hydrogen-bond acceptors (Lipinski definition) is 0. The Balaban J connectivity index is 0. The maximum absolute atomic E-state index is 10.7. The summed E-state index contributed by atoms with van der Waals surface area (Å²) in [5.74, 6) is 4.63. The molecule has 0 aromatic heterocycles. The molecule has 0 aromatic carbocycles. The summed E-state index contributed by atoms with van der Waals surface area (Å²) in [6.07, 6.45) is 21.9. The van der Waals surface area contributed by atoms with E-state index in [1.807, 2.05) is 0 Å². The molecule has 0 amide bonds. The van der Waals surface area contributed by atoms with Crippen molar-refractivity contribution in [3.63, 3.8) is 0 Å². The Morgan fingerprint density at radius 3 is 0.931 bits per heavy atom. The molecule has 0 heterocycles. The van der Waals surface area contributed by atoms with Gasteiger partial charge in [0.25, 0.3) is 0 Å². The molecule has 0 unspecified atom stereocenters. The summed E-state index contributed by atoms with van der Waals surface area (Å²) >= 11 is 0. The van der Waals surface area contributed by atoms with Crippen LogP contribution in [0.15, 0.2) is 0 Å². The van der Waals surface area contributed by atoms with Crippen molar-refractivity contribution in [1.82, 2.24) is 0 Å². The Kier molecular flexibility index (Phi) is 17.5. The van der Waals surface area contributed by atoms with E-state index >= 15 is 0 Å². The molecular formula is C21H45F6PS. The van der Waals surface area contributed by atoms with Crippen molar-refractivity contribution in [2.24, 2.45) is 0 Å². The van der Waals surface area contributed by atoms with Gasteiger partial charge in [-0.15, -0.1) is 0 Å². The molecule has 0 N–H and O–H groups in total. The van der Waals surface area contributed by atoms with Crippen molar-refractivity contribution in [2.75, 3.05) is 17.3 Å². The molecule has 0 aromatic rings. The molecule has 0 radical (unpaired) electrons. The SMILES string of the molecule is CCCCCCCC[S+](CCCCC)CCCCCCCC.F[P-](F)(F)(F)(F)F. The molecule has 0 aliphatic heterocycles. The number of halogens is 6. The molecule has 182 valence electrons. The zero-order valence-corrected chi connectivity index (χ0v) is 20.6. The van der Waals surface area contributed by atoms with Gasteiger partial charge in [-0.1, -0.05) is 78.6 Å². The Labute approximate surface area is 178 Å². The summed E-state index contributed by atoms with van der Waals surface area (Å²) in [6, 6.07) is 0. The second-order valence-electron chi connectivity index (χ2n) is 7.93. The first-order valence-electron chi connectivity index (χ1n) is 11.5. The van der Waals surface area contributed by atoms with Gasteiger partial charge in [0.1, 0.15) is 17.3 Å². The van der Waals surface area contributed by atoms with Gasteiger partial charge < -0.3 is 0 Å².